The molecule has 0 radical (unpaired) electrons. The van der Waals surface area contributed by atoms with E-state index in [0.29, 0.717) is 5.57 Å². The van der Waals surface area contributed by atoms with Crippen LogP contribution in [-0.2, 0) is 30.9 Å². The minimum absolute atomic E-state index is 0.0524. The number of carbonyl (C=O) groups is 1. The van der Waals surface area contributed by atoms with Gasteiger partial charge in [0.05, 0.1) is 22.8 Å². The molecule has 0 saturated carbocycles. The molecule has 1 N–H and O–H groups in total. The predicted octanol–water partition coefficient (Wildman–Crippen LogP) is 3.84. The number of halogens is 2. The lowest BCUT2D eigenvalue weighted by molar-refractivity contribution is -0.121. The highest BCUT2D eigenvalue weighted by Gasteiger charge is 2.46. The molecule has 1 heterocycles. The number of amides is 1. The van der Waals surface area contributed by atoms with E-state index in [9.17, 15) is 21.6 Å². The summed E-state index contributed by atoms with van der Waals surface area (Å²) in [7, 11) is -7.31. The van der Waals surface area contributed by atoms with Gasteiger partial charge in [0.25, 0.3) is 0 Å². The zero-order valence-electron chi connectivity index (χ0n) is 18.6. The van der Waals surface area contributed by atoms with Crippen LogP contribution in [0.2, 0.25) is 0 Å². The number of benzene rings is 1. The van der Waals surface area contributed by atoms with Crippen LogP contribution < -0.4 is 5.32 Å². The summed E-state index contributed by atoms with van der Waals surface area (Å²) in [5.41, 5.74) is 1.53. The summed E-state index contributed by atoms with van der Waals surface area (Å²) in [6, 6.07) is 11.9. The number of pyridine rings is 1. The maximum Gasteiger partial charge on any atom is 0.227 e. The first kappa shape index (κ1) is 26.4. The van der Waals surface area contributed by atoms with E-state index < -0.39 is 30.5 Å². The monoisotopic (exact) mass is 542 g/mol. The quantitative estimate of drug-likeness (QED) is 0.542. The third-order valence-electron chi connectivity index (χ3n) is 5.51. The summed E-state index contributed by atoms with van der Waals surface area (Å²) in [5, 5.41) is 2.93. The van der Waals surface area contributed by atoms with Crippen molar-refractivity contribution in [2.24, 2.45) is 0 Å². The van der Waals surface area contributed by atoms with Crippen molar-refractivity contribution in [1.29, 1.82) is 0 Å². The molecule has 1 unspecified atom stereocenters. The first-order valence-electron chi connectivity index (χ1n) is 10.5. The maximum atomic E-state index is 13.1. The van der Waals surface area contributed by atoms with Crippen molar-refractivity contribution >= 4 is 54.4 Å². The van der Waals surface area contributed by atoms with E-state index in [2.05, 4.69) is 10.3 Å². The van der Waals surface area contributed by atoms with E-state index >= 15 is 0 Å². The average Bonchev–Trinajstić information content (AvgIpc) is 2.79. The van der Waals surface area contributed by atoms with E-state index in [-0.39, 0.29) is 45.0 Å². The Kier molecular flexibility index (Phi) is 7.92. The van der Waals surface area contributed by atoms with Crippen molar-refractivity contribution < 1.29 is 21.6 Å². The molecule has 1 aromatic heterocycles. The minimum Gasteiger partial charge on any atom is -0.333 e. The van der Waals surface area contributed by atoms with Crippen LogP contribution in [0.25, 0.3) is 5.57 Å². The Hall–Kier alpha value is -2.20. The molecule has 0 fully saturated rings. The Morgan fingerprint density at radius 2 is 1.71 bits per heavy atom. The number of hydrogen-bond acceptors (Lipinski definition) is 6. The summed E-state index contributed by atoms with van der Waals surface area (Å²) >= 11 is 13.1. The van der Waals surface area contributed by atoms with Gasteiger partial charge in [-0.25, -0.2) is 16.8 Å². The van der Waals surface area contributed by atoms with Gasteiger partial charge in [-0.2, -0.15) is 0 Å². The zero-order chi connectivity index (χ0) is 25.1. The lowest BCUT2D eigenvalue weighted by Gasteiger charge is -2.35. The van der Waals surface area contributed by atoms with Crippen molar-refractivity contribution in [1.82, 2.24) is 10.3 Å². The van der Waals surface area contributed by atoms with Crippen molar-refractivity contribution in [3.8, 4) is 0 Å². The highest BCUT2D eigenvalue weighted by molar-refractivity contribution is 7.93. The first-order valence-corrected chi connectivity index (χ1v) is 14.5. The van der Waals surface area contributed by atoms with Gasteiger partial charge in [0.15, 0.2) is 24.5 Å². The van der Waals surface area contributed by atoms with Crippen LogP contribution in [0.1, 0.15) is 31.5 Å². The summed E-state index contributed by atoms with van der Waals surface area (Å²) in [4.78, 5) is 15.2. The molecular weight excluding hydrogens is 519 g/mol. The summed E-state index contributed by atoms with van der Waals surface area (Å²) < 4.78 is 50.1. The van der Waals surface area contributed by atoms with Crippen LogP contribution >= 0.6 is 23.2 Å². The van der Waals surface area contributed by atoms with Gasteiger partial charge < -0.3 is 5.32 Å². The van der Waals surface area contributed by atoms with Gasteiger partial charge >= 0.3 is 0 Å². The van der Waals surface area contributed by atoms with Gasteiger partial charge in [0.1, 0.15) is 0 Å². The fourth-order valence-electron chi connectivity index (χ4n) is 3.60. The molecule has 182 valence electrons. The van der Waals surface area contributed by atoms with Crippen LogP contribution in [0.3, 0.4) is 0 Å². The Labute approximate surface area is 209 Å². The number of nitrogens with one attached hydrogen (secondary N) is 1. The maximum absolute atomic E-state index is 13.1. The van der Waals surface area contributed by atoms with E-state index in [0.717, 1.165) is 5.56 Å². The molecule has 1 aliphatic carbocycles. The lowest BCUT2D eigenvalue weighted by atomic mass is 9.96. The standard InChI is InChI=1S/C23H24Cl2N2O5S2/c1-3-33(29,30)18-11-10-17(26-15-18)12-21(28)27-23(34(31,32)4-2)13-19(24)22(20(25)14-23)16-8-6-5-7-9-16/h5-11,13,15H,3-4,12,14H2,1-2H3,(H,27,28). The second kappa shape index (κ2) is 10.2. The normalized spacial score (nSPS) is 19.0. The Morgan fingerprint density at radius 1 is 1.03 bits per heavy atom. The second-order valence-electron chi connectivity index (χ2n) is 7.72. The molecule has 0 bridgehead atoms. The molecular formula is C23H24Cl2N2O5S2. The van der Waals surface area contributed by atoms with Crippen molar-refractivity contribution in [2.45, 2.75) is 36.5 Å². The van der Waals surface area contributed by atoms with Crippen molar-refractivity contribution in [3.63, 3.8) is 0 Å². The minimum atomic E-state index is -3.88. The Balaban J connectivity index is 1.90. The van der Waals surface area contributed by atoms with Gasteiger partial charge in [0, 0.05) is 33.9 Å². The number of allylic oxidation sites excluding steroid dienone is 2. The highest BCUT2D eigenvalue weighted by Crippen LogP contribution is 2.43. The summed E-state index contributed by atoms with van der Waals surface area (Å²) in [5.74, 6) is -0.942. The number of sulfone groups is 2. The molecule has 7 nitrogen and oxygen atoms in total. The molecule has 0 aliphatic heterocycles. The van der Waals surface area contributed by atoms with Crippen LogP contribution in [0.15, 0.2) is 69.7 Å². The Bertz CT molecular complexity index is 1350. The topological polar surface area (TPSA) is 110 Å². The predicted molar refractivity (Wildman–Crippen MR) is 134 cm³/mol. The van der Waals surface area contributed by atoms with Gasteiger partial charge in [-0.3, -0.25) is 9.78 Å². The van der Waals surface area contributed by atoms with E-state index in [1.165, 1.54) is 38.3 Å². The van der Waals surface area contributed by atoms with Gasteiger partial charge in [-0.15, -0.1) is 0 Å². The van der Waals surface area contributed by atoms with Gasteiger partial charge in [-0.1, -0.05) is 67.4 Å². The van der Waals surface area contributed by atoms with Gasteiger partial charge in [-0.05, 0) is 23.8 Å². The SMILES string of the molecule is CCS(=O)(=O)c1ccc(CC(=O)NC2(S(=O)(=O)CC)C=C(Cl)C(c3ccccc3)=C(Cl)C2)nc1. The molecule has 11 heteroatoms. The summed E-state index contributed by atoms with van der Waals surface area (Å²) in [6.07, 6.45) is 2.07. The number of hydrogen-bond donors (Lipinski definition) is 1. The lowest BCUT2D eigenvalue weighted by Crippen LogP contribution is -2.55. The van der Waals surface area contributed by atoms with E-state index in [4.69, 9.17) is 23.2 Å². The molecule has 0 saturated heterocycles. The molecule has 1 amide bonds. The molecule has 0 spiro atoms. The molecule has 3 rings (SSSR count). The molecule has 1 aromatic carbocycles. The van der Waals surface area contributed by atoms with Gasteiger partial charge in [0.2, 0.25) is 5.91 Å². The third kappa shape index (κ3) is 5.38. The molecule has 1 aliphatic rings. The number of nitrogens with zero attached hydrogens (tertiary/aromatic N) is 1. The van der Waals surface area contributed by atoms with E-state index in [1.807, 2.05) is 30.3 Å². The third-order valence-corrected chi connectivity index (χ3v) is 10.1. The van der Waals surface area contributed by atoms with Crippen molar-refractivity contribution in [2.75, 3.05) is 11.5 Å². The smallest absolute Gasteiger partial charge is 0.227 e. The number of carbonyl (C=O) groups excluding carboxylic acids is 1. The fraction of sp³-hybridized carbons (Fsp3) is 0.304. The van der Waals surface area contributed by atoms with Crippen LogP contribution in [0, 0.1) is 0 Å². The first-order chi connectivity index (χ1) is 15.9. The van der Waals surface area contributed by atoms with Crippen LogP contribution in [0.5, 0.6) is 0 Å². The fourth-order valence-corrected chi connectivity index (χ4v) is 6.89. The zero-order valence-corrected chi connectivity index (χ0v) is 21.7. The summed E-state index contributed by atoms with van der Waals surface area (Å²) in [6.45, 7) is 3.00. The van der Waals surface area contributed by atoms with Crippen molar-refractivity contribution in [3.05, 3.63) is 76.1 Å². The average molecular weight is 543 g/mol. The largest absolute Gasteiger partial charge is 0.333 e. The molecule has 2 aromatic rings. The second-order valence-corrected chi connectivity index (χ2v) is 13.4. The van der Waals surface area contributed by atoms with E-state index in [1.54, 1.807) is 0 Å². The Morgan fingerprint density at radius 3 is 2.24 bits per heavy atom. The molecule has 1 atom stereocenters. The molecule has 34 heavy (non-hydrogen) atoms. The van der Waals surface area contributed by atoms with Crippen LogP contribution in [-0.4, -0.2) is 44.1 Å². The number of aromatic nitrogens is 1. The van der Waals surface area contributed by atoms with Crippen LogP contribution in [0.4, 0.5) is 0 Å². The number of rotatable bonds is 8. The highest BCUT2D eigenvalue weighted by atomic mass is 35.5.